The fourth-order valence-corrected chi connectivity index (χ4v) is 2.97. The topological polar surface area (TPSA) is 28.2 Å². The van der Waals surface area contributed by atoms with Gasteiger partial charge in [-0.25, -0.2) is 0 Å². The van der Waals surface area contributed by atoms with Crippen molar-refractivity contribution in [2.24, 2.45) is 0 Å². The zero-order valence-electron chi connectivity index (χ0n) is 11.3. The predicted octanol–water partition coefficient (Wildman–Crippen LogP) is 2.88. The molecule has 0 amide bonds. The summed E-state index contributed by atoms with van der Waals surface area (Å²) in [6, 6.07) is 12.6. The fourth-order valence-electron chi connectivity index (χ4n) is 2.71. The Balaban J connectivity index is 1.83. The van der Waals surface area contributed by atoms with Gasteiger partial charge in [-0.1, -0.05) is 29.8 Å². The molecule has 0 saturated carbocycles. The van der Waals surface area contributed by atoms with Crippen molar-refractivity contribution in [3.05, 3.63) is 64.9 Å². The third-order valence-corrected chi connectivity index (χ3v) is 4.10. The van der Waals surface area contributed by atoms with Crippen LogP contribution in [0.4, 0.5) is 0 Å². The maximum atomic E-state index is 6.36. The summed E-state index contributed by atoms with van der Waals surface area (Å²) in [5, 5.41) is 4.31. The molecule has 1 aromatic heterocycles. The number of aromatic nitrogens is 1. The average molecular weight is 288 g/mol. The van der Waals surface area contributed by atoms with Crippen LogP contribution in [0.25, 0.3) is 0 Å². The van der Waals surface area contributed by atoms with Crippen LogP contribution in [0.3, 0.4) is 0 Å². The second-order valence-electron chi connectivity index (χ2n) is 5.07. The number of nitrogens with one attached hydrogen (secondary N) is 1. The molecule has 1 saturated heterocycles. The third kappa shape index (κ3) is 3.01. The summed E-state index contributed by atoms with van der Waals surface area (Å²) in [6.45, 7) is 3.92. The molecule has 4 heteroatoms. The minimum Gasteiger partial charge on any atom is -0.314 e. The lowest BCUT2D eigenvalue weighted by Gasteiger charge is -2.37. The van der Waals surface area contributed by atoms with Gasteiger partial charge in [-0.2, -0.15) is 0 Å². The van der Waals surface area contributed by atoms with E-state index < -0.39 is 0 Å². The van der Waals surface area contributed by atoms with E-state index in [0.717, 1.165) is 31.2 Å². The van der Waals surface area contributed by atoms with Crippen LogP contribution >= 0.6 is 11.6 Å². The first-order valence-electron chi connectivity index (χ1n) is 6.92. The van der Waals surface area contributed by atoms with Gasteiger partial charge >= 0.3 is 0 Å². The number of hydrogen-bond acceptors (Lipinski definition) is 3. The van der Waals surface area contributed by atoms with Crippen LogP contribution in [0.1, 0.15) is 17.2 Å². The number of piperazine rings is 1. The van der Waals surface area contributed by atoms with Gasteiger partial charge in [0.1, 0.15) is 0 Å². The highest BCUT2D eigenvalue weighted by Crippen LogP contribution is 2.29. The lowest BCUT2D eigenvalue weighted by atomic mass is 10.0. The summed E-state index contributed by atoms with van der Waals surface area (Å²) in [4.78, 5) is 6.56. The van der Waals surface area contributed by atoms with E-state index in [4.69, 9.17) is 11.6 Å². The van der Waals surface area contributed by atoms with Crippen molar-refractivity contribution in [1.29, 1.82) is 0 Å². The van der Waals surface area contributed by atoms with Gasteiger partial charge in [-0.3, -0.25) is 9.88 Å². The van der Waals surface area contributed by atoms with Crippen molar-refractivity contribution in [2.75, 3.05) is 19.6 Å². The summed E-state index contributed by atoms with van der Waals surface area (Å²) in [5.74, 6) is 0. The molecule has 2 aromatic rings. The summed E-state index contributed by atoms with van der Waals surface area (Å²) >= 11 is 6.36. The highest BCUT2D eigenvalue weighted by atomic mass is 35.5. The predicted molar refractivity (Wildman–Crippen MR) is 81.7 cm³/mol. The number of pyridine rings is 1. The van der Waals surface area contributed by atoms with Gasteiger partial charge in [0.05, 0.1) is 0 Å². The summed E-state index contributed by atoms with van der Waals surface area (Å²) < 4.78 is 0. The second kappa shape index (κ2) is 6.35. The molecule has 0 aliphatic carbocycles. The van der Waals surface area contributed by atoms with Gasteiger partial charge in [-0.15, -0.1) is 0 Å². The van der Waals surface area contributed by atoms with E-state index in [1.807, 2.05) is 24.5 Å². The molecule has 0 spiro atoms. The molecule has 2 heterocycles. The third-order valence-electron chi connectivity index (χ3n) is 3.75. The van der Waals surface area contributed by atoms with Crippen LogP contribution in [0, 0.1) is 0 Å². The van der Waals surface area contributed by atoms with Gasteiger partial charge in [0, 0.05) is 49.6 Å². The van der Waals surface area contributed by atoms with Crippen LogP contribution in [0.2, 0.25) is 5.02 Å². The maximum absolute atomic E-state index is 6.36. The smallest absolute Gasteiger partial charge is 0.0491 e. The Morgan fingerprint density at radius 2 is 2.00 bits per heavy atom. The molecule has 1 atom stereocenters. The minimum atomic E-state index is 0.325. The Morgan fingerprint density at radius 1 is 1.20 bits per heavy atom. The molecule has 1 aliphatic rings. The zero-order chi connectivity index (χ0) is 13.8. The molecular formula is C16H18ClN3. The van der Waals surface area contributed by atoms with Crippen molar-refractivity contribution >= 4 is 11.6 Å². The summed E-state index contributed by atoms with van der Waals surface area (Å²) in [6.07, 6.45) is 3.70. The standard InChI is InChI=1S/C16H18ClN3/c17-15-4-2-1-3-14(15)16-11-19-9-10-20(16)12-13-5-7-18-8-6-13/h1-8,16,19H,9-12H2. The molecule has 1 aromatic carbocycles. The molecule has 1 unspecified atom stereocenters. The van der Waals surface area contributed by atoms with E-state index in [1.54, 1.807) is 0 Å². The van der Waals surface area contributed by atoms with Gasteiger partial charge in [0.2, 0.25) is 0 Å². The number of nitrogens with zero attached hydrogens (tertiary/aromatic N) is 2. The Kier molecular flexibility index (Phi) is 4.31. The monoisotopic (exact) mass is 287 g/mol. The molecule has 0 bridgehead atoms. The molecule has 3 nitrogen and oxygen atoms in total. The fraction of sp³-hybridized carbons (Fsp3) is 0.312. The SMILES string of the molecule is Clc1ccccc1C1CNCCN1Cc1ccncc1. The molecule has 0 radical (unpaired) electrons. The molecule has 20 heavy (non-hydrogen) atoms. The van der Waals surface area contributed by atoms with E-state index in [1.165, 1.54) is 11.1 Å². The first-order valence-corrected chi connectivity index (χ1v) is 7.30. The van der Waals surface area contributed by atoms with E-state index in [0.29, 0.717) is 6.04 Å². The van der Waals surface area contributed by atoms with Gasteiger partial charge in [0.15, 0.2) is 0 Å². The van der Waals surface area contributed by atoms with Crippen LogP contribution in [-0.2, 0) is 6.54 Å². The van der Waals surface area contributed by atoms with Crippen LogP contribution < -0.4 is 5.32 Å². The lowest BCUT2D eigenvalue weighted by Crippen LogP contribution is -2.45. The molecule has 3 rings (SSSR count). The van der Waals surface area contributed by atoms with Crippen molar-refractivity contribution < 1.29 is 0 Å². The normalized spacial score (nSPS) is 19.9. The summed E-state index contributed by atoms with van der Waals surface area (Å²) in [5.41, 5.74) is 2.49. The van der Waals surface area contributed by atoms with Gasteiger partial charge in [-0.05, 0) is 29.3 Å². The van der Waals surface area contributed by atoms with E-state index in [9.17, 15) is 0 Å². The number of halogens is 1. The van der Waals surface area contributed by atoms with E-state index in [2.05, 4.69) is 39.5 Å². The Bertz CT molecular complexity index is 559. The molecule has 1 aliphatic heterocycles. The lowest BCUT2D eigenvalue weighted by molar-refractivity contribution is 0.154. The minimum absolute atomic E-state index is 0.325. The van der Waals surface area contributed by atoms with Crippen LogP contribution in [-0.4, -0.2) is 29.5 Å². The number of hydrogen-bond donors (Lipinski definition) is 1. The van der Waals surface area contributed by atoms with Gasteiger partial charge < -0.3 is 5.32 Å². The second-order valence-corrected chi connectivity index (χ2v) is 5.47. The van der Waals surface area contributed by atoms with E-state index in [-0.39, 0.29) is 0 Å². The van der Waals surface area contributed by atoms with Crippen LogP contribution in [0.5, 0.6) is 0 Å². The number of benzene rings is 1. The quantitative estimate of drug-likeness (QED) is 0.941. The zero-order valence-corrected chi connectivity index (χ0v) is 12.1. The average Bonchev–Trinajstić information content (AvgIpc) is 2.50. The van der Waals surface area contributed by atoms with E-state index >= 15 is 0 Å². The van der Waals surface area contributed by atoms with Crippen molar-refractivity contribution in [3.63, 3.8) is 0 Å². The maximum Gasteiger partial charge on any atom is 0.0491 e. The molecule has 1 fully saturated rings. The number of rotatable bonds is 3. The molecule has 104 valence electrons. The van der Waals surface area contributed by atoms with Crippen molar-refractivity contribution in [1.82, 2.24) is 15.2 Å². The van der Waals surface area contributed by atoms with Gasteiger partial charge in [0.25, 0.3) is 0 Å². The van der Waals surface area contributed by atoms with Crippen molar-refractivity contribution in [2.45, 2.75) is 12.6 Å². The first-order chi connectivity index (χ1) is 9.84. The highest BCUT2D eigenvalue weighted by Gasteiger charge is 2.25. The summed E-state index contributed by atoms with van der Waals surface area (Å²) in [7, 11) is 0. The Hall–Kier alpha value is -1.42. The van der Waals surface area contributed by atoms with Crippen molar-refractivity contribution in [3.8, 4) is 0 Å². The highest BCUT2D eigenvalue weighted by molar-refractivity contribution is 6.31. The van der Waals surface area contributed by atoms with Crippen LogP contribution in [0.15, 0.2) is 48.8 Å². The Labute approximate surface area is 124 Å². The molecular weight excluding hydrogens is 270 g/mol. The first kappa shape index (κ1) is 13.6. The Morgan fingerprint density at radius 3 is 2.80 bits per heavy atom. The largest absolute Gasteiger partial charge is 0.314 e. The molecule has 1 N–H and O–H groups in total.